The number of rotatable bonds is 2. The van der Waals surface area contributed by atoms with E-state index in [0.717, 1.165) is 22.8 Å². The van der Waals surface area contributed by atoms with Crippen molar-refractivity contribution in [2.24, 2.45) is 0 Å². The molecule has 0 radical (unpaired) electrons. The van der Waals surface area contributed by atoms with Crippen molar-refractivity contribution in [3.8, 4) is 5.69 Å². The van der Waals surface area contributed by atoms with Gasteiger partial charge in [-0.15, -0.1) is 0 Å². The molecule has 0 aliphatic carbocycles. The van der Waals surface area contributed by atoms with Gasteiger partial charge in [0.2, 0.25) is 0 Å². The van der Waals surface area contributed by atoms with Crippen molar-refractivity contribution in [3.05, 3.63) is 46.7 Å². The first kappa shape index (κ1) is 10.2. The van der Waals surface area contributed by atoms with Crippen LogP contribution in [0.15, 0.2) is 30.3 Å². The molecule has 1 aromatic heterocycles. The second-order valence-corrected chi connectivity index (χ2v) is 3.96. The van der Waals surface area contributed by atoms with Crippen LogP contribution in [0.2, 0.25) is 5.02 Å². The van der Waals surface area contributed by atoms with E-state index in [-0.39, 0.29) is 0 Å². The molecule has 15 heavy (non-hydrogen) atoms. The van der Waals surface area contributed by atoms with Gasteiger partial charge in [0, 0.05) is 10.7 Å². The quantitative estimate of drug-likeness (QED) is 0.759. The summed E-state index contributed by atoms with van der Waals surface area (Å²) in [7, 11) is 0. The van der Waals surface area contributed by atoms with Gasteiger partial charge in [-0.3, -0.25) is 0 Å². The van der Waals surface area contributed by atoms with Gasteiger partial charge in [0.15, 0.2) is 0 Å². The predicted octanol–water partition coefficient (Wildman–Crippen LogP) is 3.40. The Morgan fingerprint density at radius 2 is 2.13 bits per heavy atom. The highest BCUT2D eigenvalue weighted by atomic mass is 35.5. The number of benzene rings is 1. The molecule has 0 atom stereocenters. The lowest BCUT2D eigenvalue weighted by molar-refractivity contribution is 0.805. The standard InChI is InChI=1S/C12H13ClN2/c1-3-11-7-9(2)14-15(11)12-6-4-5-10(13)8-12/h4-8H,3H2,1-2H3. The molecule has 0 N–H and O–H groups in total. The van der Waals surface area contributed by atoms with Crippen LogP contribution in [-0.2, 0) is 6.42 Å². The first-order valence-corrected chi connectivity index (χ1v) is 5.40. The molecule has 0 saturated heterocycles. The first-order chi connectivity index (χ1) is 7.20. The van der Waals surface area contributed by atoms with Crippen LogP contribution in [0, 0.1) is 6.92 Å². The van der Waals surface area contributed by atoms with Crippen molar-refractivity contribution in [2.45, 2.75) is 20.3 Å². The van der Waals surface area contributed by atoms with Gasteiger partial charge in [-0.2, -0.15) is 5.10 Å². The summed E-state index contributed by atoms with van der Waals surface area (Å²) in [4.78, 5) is 0. The van der Waals surface area contributed by atoms with E-state index in [1.807, 2.05) is 35.9 Å². The molecular formula is C12H13ClN2. The maximum atomic E-state index is 5.96. The summed E-state index contributed by atoms with van der Waals surface area (Å²) in [6.45, 7) is 4.12. The largest absolute Gasteiger partial charge is 0.238 e. The van der Waals surface area contributed by atoms with Crippen LogP contribution in [0.1, 0.15) is 18.3 Å². The van der Waals surface area contributed by atoms with E-state index in [0.29, 0.717) is 0 Å². The van der Waals surface area contributed by atoms with Gasteiger partial charge in [0.05, 0.1) is 11.4 Å². The van der Waals surface area contributed by atoms with E-state index in [2.05, 4.69) is 18.1 Å². The zero-order valence-electron chi connectivity index (χ0n) is 8.87. The van der Waals surface area contributed by atoms with E-state index < -0.39 is 0 Å². The Labute approximate surface area is 94.5 Å². The summed E-state index contributed by atoms with van der Waals surface area (Å²) in [5, 5.41) is 5.19. The highest BCUT2D eigenvalue weighted by Gasteiger charge is 2.05. The second-order valence-electron chi connectivity index (χ2n) is 3.52. The maximum Gasteiger partial charge on any atom is 0.0663 e. The minimum absolute atomic E-state index is 0.739. The topological polar surface area (TPSA) is 17.8 Å². The third-order valence-corrected chi connectivity index (χ3v) is 2.56. The number of hydrogen-bond donors (Lipinski definition) is 0. The van der Waals surface area contributed by atoms with E-state index in [1.165, 1.54) is 5.69 Å². The van der Waals surface area contributed by atoms with Gasteiger partial charge in [-0.05, 0) is 37.6 Å². The molecule has 1 aromatic carbocycles. The smallest absolute Gasteiger partial charge is 0.0663 e. The highest BCUT2D eigenvalue weighted by Crippen LogP contribution is 2.17. The summed E-state index contributed by atoms with van der Waals surface area (Å²) >= 11 is 5.96. The van der Waals surface area contributed by atoms with Gasteiger partial charge in [0.1, 0.15) is 0 Å². The van der Waals surface area contributed by atoms with Crippen molar-refractivity contribution >= 4 is 11.6 Å². The maximum absolute atomic E-state index is 5.96. The van der Waals surface area contributed by atoms with Crippen molar-refractivity contribution in [2.75, 3.05) is 0 Å². The van der Waals surface area contributed by atoms with Gasteiger partial charge >= 0.3 is 0 Å². The molecule has 0 amide bonds. The number of nitrogens with zero attached hydrogens (tertiary/aromatic N) is 2. The molecule has 78 valence electrons. The fraction of sp³-hybridized carbons (Fsp3) is 0.250. The SMILES string of the molecule is CCc1cc(C)nn1-c1cccc(Cl)c1. The Morgan fingerprint density at radius 1 is 1.33 bits per heavy atom. The fourth-order valence-electron chi connectivity index (χ4n) is 1.64. The van der Waals surface area contributed by atoms with E-state index in [9.17, 15) is 0 Å². The number of hydrogen-bond acceptors (Lipinski definition) is 1. The molecule has 2 rings (SSSR count). The number of halogens is 1. The Hall–Kier alpha value is -1.28. The van der Waals surface area contributed by atoms with Gasteiger partial charge in [0.25, 0.3) is 0 Å². The zero-order valence-corrected chi connectivity index (χ0v) is 9.62. The summed E-state index contributed by atoms with van der Waals surface area (Å²) in [5.41, 5.74) is 3.26. The molecule has 3 heteroatoms. The lowest BCUT2D eigenvalue weighted by Crippen LogP contribution is -2.00. The molecule has 0 aliphatic rings. The zero-order chi connectivity index (χ0) is 10.8. The average Bonchev–Trinajstić information content (AvgIpc) is 2.59. The molecule has 0 spiro atoms. The second kappa shape index (κ2) is 4.07. The van der Waals surface area contributed by atoms with Crippen LogP contribution in [0.5, 0.6) is 0 Å². The molecular weight excluding hydrogens is 208 g/mol. The fourth-order valence-corrected chi connectivity index (χ4v) is 1.82. The van der Waals surface area contributed by atoms with Crippen molar-refractivity contribution in [1.29, 1.82) is 0 Å². The van der Waals surface area contributed by atoms with Gasteiger partial charge in [-0.25, -0.2) is 4.68 Å². The van der Waals surface area contributed by atoms with Crippen molar-refractivity contribution in [3.63, 3.8) is 0 Å². The van der Waals surface area contributed by atoms with E-state index in [4.69, 9.17) is 11.6 Å². The van der Waals surface area contributed by atoms with Gasteiger partial charge < -0.3 is 0 Å². The van der Waals surface area contributed by atoms with E-state index in [1.54, 1.807) is 0 Å². The Morgan fingerprint density at radius 3 is 2.80 bits per heavy atom. The predicted molar refractivity (Wildman–Crippen MR) is 62.7 cm³/mol. The lowest BCUT2D eigenvalue weighted by atomic mass is 10.3. The first-order valence-electron chi connectivity index (χ1n) is 5.02. The Kier molecular flexibility index (Phi) is 2.78. The molecule has 0 unspecified atom stereocenters. The normalized spacial score (nSPS) is 10.6. The summed E-state index contributed by atoms with van der Waals surface area (Å²) in [5.74, 6) is 0. The van der Waals surface area contributed by atoms with Crippen LogP contribution < -0.4 is 0 Å². The van der Waals surface area contributed by atoms with Crippen LogP contribution in [0.25, 0.3) is 5.69 Å². The average molecular weight is 221 g/mol. The van der Waals surface area contributed by atoms with Crippen LogP contribution in [0.3, 0.4) is 0 Å². The van der Waals surface area contributed by atoms with Crippen molar-refractivity contribution in [1.82, 2.24) is 9.78 Å². The summed E-state index contributed by atoms with van der Waals surface area (Å²) < 4.78 is 1.95. The molecule has 0 bridgehead atoms. The van der Waals surface area contributed by atoms with Crippen molar-refractivity contribution < 1.29 is 0 Å². The molecule has 2 nitrogen and oxygen atoms in total. The van der Waals surface area contributed by atoms with E-state index >= 15 is 0 Å². The molecule has 0 fully saturated rings. The molecule has 1 heterocycles. The minimum atomic E-state index is 0.739. The number of aromatic nitrogens is 2. The highest BCUT2D eigenvalue weighted by molar-refractivity contribution is 6.30. The third-order valence-electron chi connectivity index (χ3n) is 2.32. The van der Waals surface area contributed by atoms with Crippen LogP contribution >= 0.6 is 11.6 Å². The third kappa shape index (κ3) is 2.05. The monoisotopic (exact) mass is 220 g/mol. The summed E-state index contributed by atoms with van der Waals surface area (Å²) in [6.07, 6.45) is 0.966. The Balaban J connectivity index is 2.53. The molecule has 0 saturated carbocycles. The van der Waals surface area contributed by atoms with Crippen LogP contribution in [0.4, 0.5) is 0 Å². The minimum Gasteiger partial charge on any atom is -0.238 e. The molecule has 2 aromatic rings. The number of aryl methyl sites for hydroxylation is 2. The van der Waals surface area contributed by atoms with Gasteiger partial charge in [-0.1, -0.05) is 24.6 Å². The lowest BCUT2D eigenvalue weighted by Gasteiger charge is -2.05. The Bertz CT molecular complexity index is 474. The van der Waals surface area contributed by atoms with Crippen LogP contribution in [-0.4, -0.2) is 9.78 Å². The molecule has 0 aliphatic heterocycles. The summed E-state index contributed by atoms with van der Waals surface area (Å²) in [6, 6.07) is 9.84.